The van der Waals surface area contributed by atoms with E-state index in [-0.39, 0.29) is 31.2 Å². The maximum Gasteiger partial charge on any atom is 0.246 e. The van der Waals surface area contributed by atoms with E-state index >= 15 is 0 Å². The molecule has 0 saturated carbocycles. The molecule has 260 valence electrons. The number of rotatable bonds is 10. The first-order valence-electron chi connectivity index (χ1n) is 16.6. The summed E-state index contributed by atoms with van der Waals surface area (Å²) in [5, 5.41) is 14.3. The fourth-order valence-corrected chi connectivity index (χ4v) is 6.37. The quantitative estimate of drug-likeness (QED) is 0.254. The molecule has 1 aromatic rings. The first-order valence-corrected chi connectivity index (χ1v) is 18.0. The molecular formula is C34H52N6O6S. The molecule has 47 heavy (non-hydrogen) atoms. The Balaban J connectivity index is 1.95. The van der Waals surface area contributed by atoms with Crippen LogP contribution in [0.25, 0.3) is 0 Å². The van der Waals surface area contributed by atoms with E-state index in [9.17, 15) is 28.8 Å². The highest BCUT2D eigenvalue weighted by molar-refractivity contribution is 7.98. The molecule has 2 heterocycles. The minimum absolute atomic E-state index is 0.0786. The average Bonchev–Trinajstić information content (AvgIpc) is 3.44. The van der Waals surface area contributed by atoms with Crippen LogP contribution in [0.5, 0.6) is 0 Å². The lowest BCUT2D eigenvalue weighted by Crippen LogP contribution is -2.59. The molecule has 13 heteroatoms. The molecule has 2 aliphatic rings. The van der Waals surface area contributed by atoms with E-state index in [2.05, 4.69) is 40.4 Å². The third kappa shape index (κ3) is 11.3. The van der Waals surface area contributed by atoms with Crippen LogP contribution in [0, 0.1) is 11.8 Å². The zero-order valence-corrected chi connectivity index (χ0v) is 29.3. The van der Waals surface area contributed by atoms with Crippen LogP contribution in [0.2, 0.25) is 0 Å². The van der Waals surface area contributed by atoms with E-state index in [0.29, 0.717) is 30.1 Å². The molecule has 2 fully saturated rings. The molecule has 0 aromatic heterocycles. The van der Waals surface area contributed by atoms with Crippen LogP contribution in [-0.2, 0) is 28.8 Å². The Hall–Kier alpha value is -3.61. The van der Waals surface area contributed by atoms with E-state index in [0.717, 1.165) is 12.8 Å². The molecule has 0 bridgehead atoms. The molecule has 6 amide bonds. The van der Waals surface area contributed by atoms with Gasteiger partial charge in [-0.05, 0) is 55.6 Å². The van der Waals surface area contributed by atoms with Crippen molar-refractivity contribution in [3.8, 4) is 0 Å². The second-order valence-corrected chi connectivity index (χ2v) is 14.3. The van der Waals surface area contributed by atoms with Crippen molar-refractivity contribution in [3.05, 3.63) is 35.9 Å². The van der Waals surface area contributed by atoms with Crippen LogP contribution >= 0.6 is 11.8 Å². The second-order valence-electron chi connectivity index (χ2n) is 13.3. The van der Waals surface area contributed by atoms with Crippen LogP contribution in [-0.4, -0.2) is 89.1 Å². The number of thioether (sulfide) groups is 1. The fourth-order valence-electron chi connectivity index (χ4n) is 5.90. The first-order chi connectivity index (χ1) is 22.3. The Bertz CT molecular complexity index is 1260. The van der Waals surface area contributed by atoms with Crippen molar-refractivity contribution in [2.75, 3.05) is 18.6 Å². The van der Waals surface area contributed by atoms with Crippen LogP contribution < -0.4 is 26.6 Å². The number of hydrogen-bond acceptors (Lipinski definition) is 7. The second kappa shape index (κ2) is 18.1. The normalized spacial score (nSPS) is 26.4. The third-order valence-electron chi connectivity index (χ3n) is 8.59. The maximum atomic E-state index is 14.1. The van der Waals surface area contributed by atoms with Gasteiger partial charge in [-0.1, -0.05) is 64.4 Å². The molecule has 12 nitrogen and oxygen atoms in total. The summed E-state index contributed by atoms with van der Waals surface area (Å²) in [5.41, 5.74) is 0.695. The molecular weight excluding hydrogens is 620 g/mol. The van der Waals surface area contributed by atoms with E-state index in [1.807, 2.05) is 12.3 Å². The van der Waals surface area contributed by atoms with Crippen molar-refractivity contribution in [2.24, 2.45) is 11.8 Å². The fraction of sp³-hybridized carbons (Fsp3) is 0.647. The number of nitrogens with one attached hydrogen (secondary N) is 5. The van der Waals surface area contributed by atoms with Crippen molar-refractivity contribution in [3.63, 3.8) is 0 Å². The van der Waals surface area contributed by atoms with E-state index in [1.165, 1.54) is 16.7 Å². The number of carbonyl (C=O) groups excluding carboxylic acids is 6. The predicted molar refractivity (Wildman–Crippen MR) is 182 cm³/mol. The highest BCUT2D eigenvalue weighted by Crippen LogP contribution is 2.23. The van der Waals surface area contributed by atoms with E-state index in [1.54, 1.807) is 45.0 Å². The molecule has 5 N–H and O–H groups in total. The van der Waals surface area contributed by atoms with Gasteiger partial charge in [-0.2, -0.15) is 11.8 Å². The van der Waals surface area contributed by atoms with Crippen molar-refractivity contribution in [1.82, 2.24) is 31.5 Å². The van der Waals surface area contributed by atoms with Gasteiger partial charge in [0.2, 0.25) is 35.4 Å². The van der Waals surface area contributed by atoms with Gasteiger partial charge in [0.05, 0.1) is 12.5 Å². The van der Waals surface area contributed by atoms with Crippen molar-refractivity contribution in [2.45, 2.75) is 109 Å². The van der Waals surface area contributed by atoms with Crippen molar-refractivity contribution >= 4 is 47.2 Å². The Labute approximate surface area is 282 Å². The van der Waals surface area contributed by atoms with Gasteiger partial charge in [0.25, 0.3) is 0 Å². The lowest BCUT2D eigenvalue weighted by Gasteiger charge is -2.32. The highest BCUT2D eigenvalue weighted by Gasteiger charge is 2.44. The first kappa shape index (κ1) is 37.8. The number of fused-ring (bicyclic) bond motifs is 1. The van der Waals surface area contributed by atoms with Gasteiger partial charge in [-0.15, -0.1) is 0 Å². The van der Waals surface area contributed by atoms with E-state index < -0.39 is 65.8 Å². The number of nitrogens with zero attached hydrogens (tertiary/aromatic N) is 1. The van der Waals surface area contributed by atoms with Gasteiger partial charge in [0.15, 0.2) is 0 Å². The highest BCUT2D eigenvalue weighted by atomic mass is 32.2. The topological polar surface area (TPSA) is 166 Å². The minimum atomic E-state index is -0.988. The van der Waals surface area contributed by atoms with Crippen molar-refractivity contribution in [1.29, 1.82) is 0 Å². The summed E-state index contributed by atoms with van der Waals surface area (Å²) in [6.45, 7) is 9.41. The lowest BCUT2D eigenvalue weighted by molar-refractivity contribution is -0.143. The largest absolute Gasteiger partial charge is 0.351 e. The SMILES string of the molecule is CSCC[C@@H]1NC(=O)C[C@@H](c2ccccc2)NC(=O)[C@H](C)NC(=O)[C@@H]2C[C@H](NC(=O)CCCC(C)C)CN2C(=O)[C@H](C(C)C)NC1=O. The molecule has 0 aliphatic carbocycles. The van der Waals surface area contributed by atoms with Gasteiger partial charge in [-0.25, -0.2) is 0 Å². The Morgan fingerprint density at radius 3 is 2.30 bits per heavy atom. The Kier molecular flexibility index (Phi) is 14.6. The molecule has 0 unspecified atom stereocenters. The summed E-state index contributed by atoms with van der Waals surface area (Å²) in [4.78, 5) is 82.4. The van der Waals surface area contributed by atoms with Gasteiger partial charge >= 0.3 is 0 Å². The Morgan fingerprint density at radius 2 is 1.66 bits per heavy atom. The van der Waals surface area contributed by atoms with Crippen LogP contribution in [0.1, 0.15) is 84.7 Å². The maximum absolute atomic E-state index is 14.1. The summed E-state index contributed by atoms with van der Waals surface area (Å²) < 4.78 is 0. The number of carbonyl (C=O) groups is 6. The zero-order chi connectivity index (χ0) is 34.7. The monoisotopic (exact) mass is 672 g/mol. The summed E-state index contributed by atoms with van der Waals surface area (Å²) in [6, 6.07) is 3.96. The summed E-state index contributed by atoms with van der Waals surface area (Å²) in [5.74, 6) is -1.89. The molecule has 2 saturated heterocycles. The Morgan fingerprint density at radius 1 is 0.957 bits per heavy atom. The summed E-state index contributed by atoms with van der Waals surface area (Å²) in [6.07, 6.45) is 4.24. The van der Waals surface area contributed by atoms with Crippen molar-refractivity contribution < 1.29 is 28.8 Å². The molecule has 6 atom stereocenters. The standard InChI is InChI=1S/C34H52N6O6S/c1-20(2)11-10-14-28(41)36-24-17-27-33(45)35-22(5)31(43)38-26(23-12-8-7-9-13-23)18-29(42)37-25(15-16-47-6)32(44)39-30(21(3)4)34(46)40(27)19-24/h7-9,12-13,20-22,24-27,30H,10-11,14-19H2,1-6H3,(H,35,45)(H,36,41)(H,37,42)(H,38,43)(H,39,44)/t22-,24-,25-,26-,27-,30-/m0/s1. The minimum Gasteiger partial charge on any atom is -0.351 e. The molecule has 1 aromatic carbocycles. The molecule has 0 spiro atoms. The van der Waals surface area contributed by atoms with Crippen LogP contribution in [0.4, 0.5) is 0 Å². The van der Waals surface area contributed by atoms with Gasteiger partial charge in [-0.3, -0.25) is 28.8 Å². The molecule has 2 aliphatic heterocycles. The zero-order valence-electron chi connectivity index (χ0n) is 28.5. The smallest absolute Gasteiger partial charge is 0.246 e. The number of hydrogen-bond donors (Lipinski definition) is 5. The predicted octanol–water partition coefficient (Wildman–Crippen LogP) is 2.04. The number of amides is 6. The number of benzene rings is 1. The van der Waals surface area contributed by atoms with Crippen LogP contribution in [0.15, 0.2) is 30.3 Å². The van der Waals surface area contributed by atoms with E-state index in [4.69, 9.17) is 0 Å². The molecule has 0 radical (unpaired) electrons. The van der Waals surface area contributed by atoms with Gasteiger partial charge in [0.1, 0.15) is 24.2 Å². The lowest BCUT2D eigenvalue weighted by atomic mass is 10.0. The summed E-state index contributed by atoms with van der Waals surface area (Å²) >= 11 is 1.53. The average molecular weight is 673 g/mol. The third-order valence-corrected chi connectivity index (χ3v) is 9.23. The summed E-state index contributed by atoms with van der Waals surface area (Å²) in [7, 11) is 0. The van der Waals surface area contributed by atoms with Gasteiger partial charge in [0, 0.05) is 19.0 Å². The van der Waals surface area contributed by atoms with Gasteiger partial charge < -0.3 is 31.5 Å². The van der Waals surface area contributed by atoms with Crippen LogP contribution in [0.3, 0.4) is 0 Å². The molecule has 3 rings (SSSR count).